The Balaban J connectivity index is 2.29. The fourth-order valence-electron chi connectivity index (χ4n) is 1.73. The highest BCUT2D eigenvalue weighted by atomic mass is 16.5. The molecule has 1 N–H and O–H groups in total. The predicted octanol–water partition coefficient (Wildman–Crippen LogP) is 2.45. The van der Waals surface area contributed by atoms with E-state index in [1.165, 1.54) is 0 Å². The highest BCUT2D eigenvalue weighted by molar-refractivity contribution is 5.69. The van der Waals surface area contributed by atoms with Gasteiger partial charge in [0.1, 0.15) is 0 Å². The lowest BCUT2D eigenvalue weighted by Gasteiger charge is -2.08. The van der Waals surface area contributed by atoms with Crippen molar-refractivity contribution in [3.05, 3.63) is 18.0 Å². The molecular weight excluding hydrogens is 244 g/mol. The normalized spacial score (nSPS) is 12.4. The second-order valence-corrected chi connectivity index (χ2v) is 4.67. The number of hydrogen-bond acceptors (Lipinski definition) is 4. The molecule has 5 nitrogen and oxygen atoms in total. The molecule has 0 spiro atoms. The minimum atomic E-state index is -0.649. The second-order valence-electron chi connectivity index (χ2n) is 4.67. The van der Waals surface area contributed by atoms with Crippen molar-refractivity contribution in [3.8, 4) is 0 Å². The molecule has 1 heterocycles. The number of rotatable bonds is 9. The van der Waals surface area contributed by atoms with Crippen LogP contribution in [0.15, 0.2) is 12.4 Å². The Bertz CT molecular complexity index is 377. The van der Waals surface area contributed by atoms with Gasteiger partial charge in [0.05, 0.1) is 18.9 Å². The lowest BCUT2D eigenvalue weighted by molar-refractivity contribution is -0.144. The third-order valence-corrected chi connectivity index (χ3v) is 2.87. The van der Waals surface area contributed by atoms with E-state index in [9.17, 15) is 9.90 Å². The maximum Gasteiger partial charge on any atom is 0.305 e. The summed E-state index contributed by atoms with van der Waals surface area (Å²) in [5, 5.41) is 14.1. The minimum Gasteiger partial charge on any atom is -0.466 e. The summed E-state index contributed by atoms with van der Waals surface area (Å²) < 4.78 is 6.85. The summed E-state index contributed by atoms with van der Waals surface area (Å²) >= 11 is 0. The maximum atomic E-state index is 11.4. The number of aliphatic hydroxyl groups excluding tert-OH is 1. The first kappa shape index (κ1) is 15.7. The van der Waals surface area contributed by atoms with Gasteiger partial charge in [-0.05, 0) is 19.3 Å². The average molecular weight is 268 g/mol. The van der Waals surface area contributed by atoms with Gasteiger partial charge in [0.25, 0.3) is 0 Å². The highest BCUT2D eigenvalue weighted by Gasteiger charge is 2.13. The van der Waals surface area contributed by atoms with Crippen molar-refractivity contribution in [3.63, 3.8) is 0 Å². The van der Waals surface area contributed by atoms with Crippen LogP contribution in [0.2, 0.25) is 0 Å². The monoisotopic (exact) mass is 268 g/mol. The number of aliphatic hydroxyl groups is 1. The minimum absolute atomic E-state index is 0.240. The first-order valence-electron chi connectivity index (χ1n) is 7.03. The van der Waals surface area contributed by atoms with Gasteiger partial charge in [-0.15, -0.1) is 0 Å². The molecule has 0 saturated carbocycles. The van der Waals surface area contributed by atoms with Crippen molar-refractivity contribution in [2.45, 2.75) is 58.6 Å². The van der Waals surface area contributed by atoms with Gasteiger partial charge in [-0.2, -0.15) is 5.10 Å². The van der Waals surface area contributed by atoms with Crippen LogP contribution in [0.4, 0.5) is 0 Å². The molecule has 0 aliphatic rings. The quantitative estimate of drug-likeness (QED) is 0.552. The van der Waals surface area contributed by atoms with E-state index in [-0.39, 0.29) is 12.4 Å². The number of ether oxygens (including phenoxy) is 1. The van der Waals surface area contributed by atoms with E-state index < -0.39 is 6.10 Å². The topological polar surface area (TPSA) is 64.3 Å². The summed E-state index contributed by atoms with van der Waals surface area (Å²) in [5.74, 6) is -0.242. The average Bonchev–Trinajstić information content (AvgIpc) is 2.85. The van der Waals surface area contributed by atoms with Crippen LogP contribution < -0.4 is 0 Å². The van der Waals surface area contributed by atoms with Crippen LogP contribution in [0.1, 0.15) is 57.6 Å². The summed E-state index contributed by atoms with van der Waals surface area (Å²) in [6.07, 6.45) is 6.35. The van der Waals surface area contributed by atoms with E-state index >= 15 is 0 Å². The summed E-state index contributed by atoms with van der Waals surface area (Å²) in [6.45, 7) is 5.43. The first-order chi connectivity index (χ1) is 9.17. The Hall–Kier alpha value is -1.36. The SMILES string of the molecule is CCCCOC(=O)CCC(O)c1cnn(CCC)c1. The van der Waals surface area contributed by atoms with E-state index in [1.54, 1.807) is 10.9 Å². The van der Waals surface area contributed by atoms with Crippen LogP contribution in [0.3, 0.4) is 0 Å². The van der Waals surface area contributed by atoms with Gasteiger partial charge in [0, 0.05) is 24.7 Å². The van der Waals surface area contributed by atoms with E-state index in [2.05, 4.69) is 12.0 Å². The van der Waals surface area contributed by atoms with Crippen LogP contribution in [0.25, 0.3) is 0 Å². The van der Waals surface area contributed by atoms with Crippen LogP contribution in [0, 0.1) is 0 Å². The molecule has 1 rings (SSSR count). The predicted molar refractivity (Wildman–Crippen MR) is 72.6 cm³/mol. The van der Waals surface area contributed by atoms with Gasteiger partial charge in [-0.3, -0.25) is 9.48 Å². The van der Waals surface area contributed by atoms with E-state index in [4.69, 9.17) is 4.74 Å². The summed E-state index contributed by atoms with van der Waals surface area (Å²) in [4.78, 5) is 11.4. The molecule has 0 saturated heterocycles. The molecule has 1 aromatic heterocycles. The molecule has 1 unspecified atom stereocenters. The molecule has 19 heavy (non-hydrogen) atoms. The molecule has 5 heteroatoms. The first-order valence-corrected chi connectivity index (χ1v) is 7.03. The zero-order valence-electron chi connectivity index (χ0n) is 11.8. The molecule has 0 aliphatic carbocycles. The van der Waals surface area contributed by atoms with Crippen LogP contribution >= 0.6 is 0 Å². The number of aromatic nitrogens is 2. The van der Waals surface area contributed by atoms with E-state index in [0.717, 1.165) is 31.4 Å². The maximum absolute atomic E-state index is 11.4. The van der Waals surface area contributed by atoms with Gasteiger partial charge >= 0.3 is 5.97 Å². The Labute approximate surface area is 114 Å². The third-order valence-electron chi connectivity index (χ3n) is 2.87. The third kappa shape index (κ3) is 5.87. The standard InChI is InChI=1S/C14H24N2O3/c1-3-5-9-19-14(18)7-6-13(17)12-10-15-16(11-12)8-4-2/h10-11,13,17H,3-9H2,1-2H3. The van der Waals surface area contributed by atoms with Crippen LogP contribution in [-0.4, -0.2) is 27.5 Å². The molecule has 1 aromatic rings. The Morgan fingerprint density at radius 2 is 2.26 bits per heavy atom. The fourth-order valence-corrected chi connectivity index (χ4v) is 1.73. The number of aryl methyl sites for hydroxylation is 1. The van der Waals surface area contributed by atoms with Crippen molar-refractivity contribution in [1.29, 1.82) is 0 Å². The lowest BCUT2D eigenvalue weighted by Crippen LogP contribution is -2.08. The van der Waals surface area contributed by atoms with E-state index in [0.29, 0.717) is 13.0 Å². The van der Waals surface area contributed by atoms with Gasteiger partial charge in [0.2, 0.25) is 0 Å². The molecule has 1 atom stereocenters. The molecule has 108 valence electrons. The molecular formula is C14H24N2O3. The molecule has 0 aliphatic heterocycles. The number of carbonyl (C=O) groups is 1. The molecule has 0 aromatic carbocycles. The van der Waals surface area contributed by atoms with Crippen molar-refractivity contribution < 1.29 is 14.6 Å². The molecule has 0 amide bonds. The summed E-state index contributed by atoms with van der Waals surface area (Å²) in [6, 6.07) is 0. The van der Waals surface area contributed by atoms with E-state index in [1.807, 2.05) is 13.1 Å². The van der Waals surface area contributed by atoms with Gasteiger partial charge in [-0.25, -0.2) is 0 Å². The zero-order chi connectivity index (χ0) is 14.1. The lowest BCUT2D eigenvalue weighted by atomic mass is 10.1. The molecule has 0 fully saturated rings. The van der Waals surface area contributed by atoms with Crippen LogP contribution in [0.5, 0.6) is 0 Å². The number of nitrogens with zero attached hydrogens (tertiary/aromatic N) is 2. The Morgan fingerprint density at radius 3 is 2.95 bits per heavy atom. The summed E-state index contributed by atoms with van der Waals surface area (Å²) in [7, 11) is 0. The Morgan fingerprint density at radius 1 is 1.47 bits per heavy atom. The molecule has 0 radical (unpaired) electrons. The highest BCUT2D eigenvalue weighted by Crippen LogP contribution is 2.17. The van der Waals surface area contributed by atoms with Crippen molar-refractivity contribution in [2.24, 2.45) is 0 Å². The second kappa shape index (κ2) is 8.69. The number of carbonyl (C=O) groups excluding carboxylic acids is 1. The zero-order valence-corrected chi connectivity index (χ0v) is 11.8. The van der Waals surface area contributed by atoms with Gasteiger partial charge in [0.15, 0.2) is 0 Å². The van der Waals surface area contributed by atoms with Crippen molar-refractivity contribution >= 4 is 5.97 Å². The van der Waals surface area contributed by atoms with Gasteiger partial charge in [-0.1, -0.05) is 20.3 Å². The smallest absolute Gasteiger partial charge is 0.305 e. The molecule has 0 bridgehead atoms. The fraction of sp³-hybridized carbons (Fsp3) is 0.714. The number of esters is 1. The number of hydrogen-bond donors (Lipinski definition) is 1. The summed E-state index contributed by atoms with van der Waals surface area (Å²) in [5.41, 5.74) is 0.759. The van der Waals surface area contributed by atoms with Gasteiger partial charge < -0.3 is 9.84 Å². The Kier molecular flexibility index (Phi) is 7.18. The van der Waals surface area contributed by atoms with Crippen molar-refractivity contribution in [2.75, 3.05) is 6.61 Å². The number of unbranched alkanes of at least 4 members (excludes halogenated alkanes) is 1. The largest absolute Gasteiger partial charge is 0.466 e. The van der Waals surface area contributed by atoms with Crippen molar-refractivity contribution in [1.82, 2.24) is 9.78 Å². The van der Waals surface area contributed by atoms with Crippen LogP contribution in [-0.2, 0) is 16.1 Å².